The van der Waals surface area contributed by atoms with E-state index in [9.17, 15) is 23.2 Å². The van der Waals surface area contributed by atoms with E-state index in [-0.39, 0.29) is 12.0 Å². The third-order valence-corrected chi connectivity index (χ3v) is 5.73. The van der Waals surface area contributed by atoms with E-state index in [2.05, 4.69) is 15.6 Å². The van der Waals surface area contributed by atoms with Crippen LogP contribution in [0.15, 0.2) is 77.8 Å². The third kappa shape index (κ3) is 5.46. The van der Waals surface area contributed by atoms with Gasteiger partial charge in [0.15, 0.2) is 0 Å². The van der Waals surface area contributed by atoms with Crippen molar-refractivity contribution in [3.63, 3.8) is 0 Å². The molecule has 0 saturated heterocycles. The number of rotatable bonds is 6. The number of anilines is 1. The van der Waals surface area contributed by atoms with E-state index < -0.39 is 41.6 Å². The summed E-state index contributed by atoms with van der Waals surface area (Å²) >= 11 is 0. The van der Waals surface area contributed by atoms with Gasteiger partial charge in [0.25, 0.3) is 5.91 Å². The van der Waals surface area contributed by atoms with Gasteiger partial charge in [0.1, 0.15) is 17.7 Å². The molecular weight excluding hydrogens is 466 g/mol. The van der Waals surface area contributed by atoms with Crippen molar-refractivity contribution in [3.05, 3.63) is 101 Å². The molecule has 4 rings (SSSR count). The number of halogens is 2. The smallest absolute Gasteiger partial charge is 0.272 e. The zero-order valence-electron chi connectivity index (χ0n) is 19.7. The van der Waals surface area contributed by atoms with E-state index in [1.807, 2.05) is 48.5 Å². The third-order valence-electron chi connectivity index (χ3n) is 5.73. The van der Waals surface area contributed by atoms with Crippen LogP contribution in [0.2, 0.25) is 0 Å². The minimum atomic E-state index is -1.23. The Bertz CT molecular complexity index is 1320. The summed E-state index contributed by atoms with van der Waals surface area (Å²) in [5.41, 5.74) is 2.83. The molecule has 3 aromatic rings. The van der Waals surface area contributed by atoms with Crippen LogP contribution in [0.3, 0.4) is 0 Å². The van der Waals surface area contributed by atoms with Gasteiger partial charge in [-0.15, -0.1) is 0 Å². The quantitative estimate of drug-likeness (QED) is 0.557. The molecular formula is C27H24F2N4O3. The monoisotopic (exact) mass is 490 g/mol. The molecule has 1 aliphatic heterocycles. The Labute approximate surface area is 206 Å². The molecule has 3 amide bonds. The van der Waals surface area contributed by atoms with Crippen LogP contribution in [0.5, 0.6) is 0 Å². The van der Waals surface area contributed by atoms with Crippen LogP contribution in [-0.2, 0) is 20.8 Å². The summed E-state index contributed by atoms with van der Waals surface area (Å²) in [7, 11) is 1.60. The number of fused-ring (bicyclic) bond motifs is 1. The van der Waals surface area contributed by atoms with Gasteiger partial charge in [-0.05, 0) is 30.7 Å². The number of nitrogens with zero attached hydrogens (tertiary/aromatic N) is 2. The van der Waals surface area contributed by atoms with Crippen LogP contribution in [0.4, 0.5) is 14.5 Å². The topological polar surface area (TPSA) is 90.9 Å². The highest BCUT2D eigenvalue weighted by molar-refractivity contribution is 6.20. The normalized spacial score (nSPS) is 15.9. The fourth-order valence-electron chi connectivity index (χ4n) is 3.96. The summed E-state index contributed by atoms with van der Waals surface area (Å²) in [6.45, 7) is 1.45. The molecule has 2 atom stereocenters. The van der Waals surface area contributed by atoms with Crippen molar-refractivity contribution in [2.24, 2.45) is 4.99 Å². The Morgan fingerprint density at radius 1 is 1.00 bits per heavy atom. The molecule has 1 unspecified atom stereocenters. The maximum Gasteiger partial charge on any atom is 0.272 e. The van der Waals surface area contributed by atoms with Gasteiger partial charge < -0.3 is 15.5 Å². The molecule has 2 N–H and O–H groups in total. The number of carbonyl (C=O) groups excluding carboxylic acids is 3. The molecule has 0 aliphatic carbocycles. The van der Waals surface area contributed by atoms with Crippen LogP contribution >= 0.6 is 0 Å². The fourth-order valence-corrected chi connectivity index (χ4v) is 3.96. The summed E-state index contributed by atoms with van der Waals surface area (Å²) in [5, 5.41) is 5.10. The fraction of sp³-hybridized carbons (Fsp3) is 0.185. The number of hydrogen-bond acceptors (Lipinski definition) is 4. The SMILES string of the molecule is C[C@@H](NC(=O)Cc1cc(F)cc(F)c1)C(=O)NC1N=C(c2ccccc2)c2ccccc2N(C)C1=O. The van der Waals surface area contributed by atoms with Gasteiger partial charge in [-0.2, -0.15) is 0 Å². The van der Waals surface area contributed by atoms with Gasteiger partial charge in [-0.1, -0.05) is 48.5 Å². The highest BCUT2D eigenvalue weighted by atomic mass is 19.1. The van der Waals surface area contributed by atoms with Crippen molar-refractivity contribution in [2.45, 2.75) is 25.6 Å². The lowest BCUT2D eigenvalue weighted by Gasteiger charge is -2.22. The zero-order chi connectivity index (χ0) is 25.8. The maximum atomic E-state index is 13.4. The number of nitrogens with one attached hydrogen (secondary N) is 2. The number of hydrogen-bond donors (Lipinski definition) is 2. The number of carbonyl (C=O) groups is 3. The first-order valence-electron chi connectivity index (χ1n) is 11.3. The second-order valence-electron chi connectivity index (χ2n) is 8.41. The molecule has 36 heavy (non-hydrogen) atoms. The molecule has 9 heteroatoms. The number of amides is 3. The summed E-state index contributed by atoms with van der Waals surface area (Å²) in [6.07, 6.45) is -1.55. The van der Waals surface area contributed by atoms with E-state index in [1.165, 1.54) is 11.8 Å². The number of likely N-dealkylation sites (N-methyl/N-ethyl adjacent to an activating group) is 1. The highest BCUT2D eigenvalue weighted by Crippen LogP contribution is 2.27. The summed E-state index contributed by atoms with van der Waals surface area (Å²) in [5.74, 6) is -3.29. The van der Waals surface area contributed by atoms with Crippen molar-refractivity contribution in [1.29, 1.82) is 0 Å². The van der Waals surface area contributed by atoms with Crippen LogP contribution in [-0.4, -0.2) is 42.7 Å². The summed E-state index contributed by atoms with van der Waals surface area (Å²) in [4.78, 5) is 44.5. The second-order valence-corrected chi connectivity index (χ2v) is 8.41. The molecule has 0 fully saturated rings. The molecule has 1 aliphatic rings. The average molecular weight is 491 g/mol. The molecule has 184 valence electrons. The summed E-state index contributed by atoms with van der Waals surface area (Å²) in [6, 6.07) is 18.4. The molecule has 7 nitrogen and oxygen atoms in total. The van der Waals surface area contributed by atoms with Gasteiger partial charge in [0.05, 0.1) is 17.8 Å². The molecule has 0 bridgehead atoms. The molecule has 0 radical (unpaired) electrons. The van der Waals surface area contributed by atoms with Gasteiger partial charge in [-0.3, -0.25) is 14.4 Å². The first kappa shape index (κ1) is 24.7. The first-order valence-corrected chi connectivity index (χ1v) is 11.3. The molecule has 1 heterocycles. The number of aliphatic imine (C=N–C) groups is 1. The molecule has 3 aromatic carbocycles. The Balaban J connectivity index is 1.53. The lowest BCUT2D eigenvalue weighted by atomic mass is 10.0. The molecule has 0 aromatic heterocycles. The van der Waals surface area contributed by atoms with Gasteiger partial charge >= 0.3 is 0 Å². The van der Waals surface area contributed by atoms with Crippen molar-refractivity contribution in [3.8, 4) is 0 Å². The minimum absolute atomic E-state index is 0.132. The van der Waals surface area contributed by atoms with Gasteiger partial charge in [0.2, 0.25) is 18.0 Å². The Morgan fingerprint density at radius 2 is 1.64 bits per heavy atom. The molecule has 0 spiro atoms. The second kappa shape index (κ2) is 10.5. The van der Waals surface area contributed by atoms with Gasteiger partial charge in [-0.25, -0.2) is 13.8 Å². The average Bonchev–Trinajstić information content (AvgIpc) is 2.94. The lowest BCUT2D eigenvalue weighted by molar-refractivity contribution is -0.130. The Kier molecular flexibility index (Phi) is 7.19. The van der Waals surface area contributed by atoms with Crippen molar-refractivity contribution in [1.82, 2.24) is 10.6 Å². The van der Waals surface area contributed by atoms with Crippen LogP contribution in [0.1, 0.15) is 23.6 Å². The van der Waals surface area contributed by atoms with E-state index in [0.717, 1.165) is 23.3 Å². The van der Waals surface area contributed by atoms with Crippen LogP contribution in [0, 0.1) is 11.6 Å². The summed E-state index contributed by atoms with van der Waals surface area (Å²) < 4.78 is 26.8. The predicted octanol–water partition coefficient (Wildman–Crippen LogP) is 2.97. The maximum absolute atomic E-state index is 13.4. The van der Waals surface area contributed by atoms with Crippen molar-refractivity contribution >= 4 is 29.1 Å². The first-order chi connectivity index (χ1) is 17.2. The van der Waals surface area contributed by atoms with Gasteiger partial charge in [0, 0.05) is 24.2 Å². The zero-order valence-corrected chi connectivity index (χ0v) is 19.7. The van der Waals surface area contributed by atoms with E-state index >= 15 is 0 Å². The number of benzene rings is 3. The van der Waals surface area contributed by atoms with E-state index in [1.54, 1.807) is 13.1 Å². The van der Waals surface area contributed by atoms with Crippen molar-refractivity contribution in [2.75, 3.05) is 11.9 Å². The van der Waals surface area contributed by atoms with Crippen LogP contribution in [0.25, 0.3) is 0 Å². The predicted molar refractivity (Wildman–Crippen MR) is 132 cm³/mol. The number of para-hydroxylation sites is 1. The van der Waals surface area contributed by atoms with E-state index in [0.29, 0.717) is 17.5 Å². The largest absolute Gasteiger partial charge is 0.344 e. The highest BCUT2D eigenvalue weighted by Gasteiger charge is 2.32. The standard InChI is InChI=1S/C27H24F2N4O3/c1-16(30-23(34)14-17-12-19(28)15-20(29)13-17)26(35)32-25-27(36)33(2)22-11-7-6-10-21(22)24(31-25)18-8-4-3-5-9-18/h3-13,15-16,25H,14H2,1-2H3,(H,30,34)(H,32,35)/t16-,25?/m1/s1. The Morgan fingerprint density at radius 3 is 2.33 bits per heavy atom. The van der Waals surface area contributed by atoms with Crippen molar-refractivity contribution < 1.29 is 23.2 Å². The minimum Gasteiger partial charge on any atom is -0.344 e. The number of benzodiazepines with no additional fused rings is 1. The molecule has 0 saturated carbocycles. The van der Waals surface area contributed by atoms with Crippen LogP contribution < -0.4 is 15.5 Å². The Hall–Kier alpha value is -4.40. The lowest BCUT2D eigenvalue weighted by Crippen LogP contribution is -2.52. The van der Waals surface area contributed by atoms with E-state index in [4.69, 9.17) is 0 Å².